The lowest BCUT2D eigenvalue weighted by atomic mass is 10.0. The van der Waals surface area contributed by atoms with Crippen molar-refractivity contribution in [3.63, 3.8) is 0 Å². The third kappa shape index (κ3) is 5.75. The predicted octanol–water partition coefficient (Wildman–Crippen LogP) is 6.16. The zero-order chi connectivity index (χ0) is 14.9. The summed E-state index contributed by atoms with van der Waals surface area (Å²) in [7, 11) is 0. The molecule has 2 rings (SSSR count). The van der Waals surface area contributed by atoms with Crippen LogP contribution in [0.5, 0.6) is 0 Å². The van der Waals surface area contributed by atoms with Crippen LogP contribution in [0.1, 0.15) is 98.9 Å². The summed E-state index contributed by atoms with van der Waals surface area (Å²) in [4.78, 5) is 3.09. The van der Waals surface area contributed by atoms with E-state index in [1.54, 1.807) is 10.4 Å². The maximum absolute atomic E-state index is 6.42. The van der Waals surface area contributed by atoms with Gasteiger partial charge in [-0.05, 0) is 43.7 Å². The summed E-state index contributed by atoms with van der Waals surface area (Å²) in [6.45, 7) is 2.28. The maximum Gasteiger partial charge on any atom is 0.0389 e. The molecule has 1 nitrogen and oxygen atoms in total. The lowest BCUT2D eigenvalue weighted by Gasteiger charge is -2.09. The third-order valence-corrected chi connectivity index (χ3v) is 6.12. The van der Waals surface area contributed by atoms with Crippen LogP contribution in [0, 0.1) is 0 Å². The highest BCUT2D eigenvalue weighted by Crippen LogP contribution is 2.33. The summed E-state index contributed by atoms with van der Waals surface area (Å²) in [5.41, 5.74) is 8.03. The molecule has 1 aliphatic rings. The Morgan fingerprint density at radius 2 is 1.71 bits per heavy atom. The monoisotopic (exact) mass is 307 g/mol. The first-order valence-corrected chi connectivity index (χ1v) is 10.00. The standard InChI is InChI=1S/C19H33NS/c1-2-3-4-5-6-7-10-13-17(20)19-15-16-12-9-8-11-14-18(16)21-19/h15,17H,2-14,20H2,1H3. The van der Waals surface area contributed by atoms with Gasteiger partial charge in [-0.3, -0.25) is 0 Å². The first kappa shape index (κ1) is 17.0. The SMILES string of the molecule is CCCCCCCCCC(N)c1cc2c(s1)CCCCC2. The van der Waals surface area contributed by atoms with Crippen molar-refractivity contribution in [3.05, 3.63) is 21.4 Å². The van der Waals surface area contributed by atoms with E-state index in [9.17, 15) is 0 Å². The maximum atomic E-state index is 6.42. The van der Waals surface area contributed by atoms with Crippen LogP contribution in [-0.4, -0.2) is 0 Å². The van der Waals surface area contributed by atoms with Crippen molar-refractivity contribution in [1.29, 1.82) is 0 Å². The minimum atomic E-state index is 0.289. The quantitative estimate of drug-likeness (QED) is 0.429. The van der Waals surface area contributed by atoms with Gasteiger partial charge in [-0.15, -0.1) is 11.3 Å². The number of aryl methyl sites for hydroxylation is 2. The Balaban J connectivity index is 1.67. The number of fused-ring (bicyclic) bond motifs is 1. The molecule has 0 saturated carbocycles. The van der Waals surface area contributed by atoms with Gasteiger partial charge in [0.1, 0.15) is 0 Å². The van der Waals surface area contributed by atoms with Gasteiger partial charge in [-0.1, -0.05) is 58.3 Å². The van der Waals surface area contributed by atoms with Gasteiger partial charge in [0, 0.05) is 15.8 Å². The van der Waals surface area contributed by atoms with Crippen LogP contribution in [-0.2, 0) is 12.8 Å². The first-order chi connectivity index (χ1) is 10.3. The lowest BCUT2D eigenvalue weighted by Crippen LogP contribution is -2.08. The molecular weight excluding hydrogens is 274 g/mol. The highest BCUT2D eigenvalue weighted by molar-refractivity contribution is 7.12. The number of thiophene rings is 1. The average Bonchev–Trinajstić information content (AvgIpc) is 2.77. The third-order valence-electron chi connectivity index (χ3n) is 4.75. The van der Waals surface area contributed by atoms with Crippen molar-refractivity contribution in [2.75, 3.05) is 0 Å². The van der Waals surface area contributed by atoms with Crippen LogP contribution in [0.4, 0.5) is 0 Å². The second-order valence-corrected chi connectivity index (χ2v) is 7.84. The molecule has 1 aromatic heterocycles. The fourth-order valence-electron chi connectivity index (χ4n) is 3.34. The molecule has 1 atom stereocenters. The number of hydrogen-bond acceptors (Lipinski definition) is 2. The van der Waals surface area contributed by atoms with Gasteiger partial charge >= 0.3 is 0 Å². The number of rotatable bonds is 9. The first-order valence-electron chi connectivity index (χ1n) is 9.18. The molecular formula is C19H33NS. The molecule has 120 valence electrons. The molecule has 1 aromatic rings. The molecule has 1 unspecified atom stereocenters. The molecule has 2 N–H and O–H groups in total. The van der Waals surface area contributed by atoms with E-state index in [1.807, 2.05) is 11.3 Å². The van der Waals surface area contributed by atoms with Gasteiger partial charge < -0.3 is 5.73 Å². The Bertz CT molecular complexity index is 373. The second-order valence-electron chi connectivity index (χ2n) is 6.67. The van der Waals surface area contributed by atoms with E-state index >= 15 is 0 Å². The molecule has 0 bridgehead atoms. The summed E-state index contributed by atoms with van der Waals surface area (Å²) in [5.74, 6) is 0. The summed E-state index contributed by atoms with van der Waals surface area (Å²) in [6, 6.07) is 2.72. The smallest absolute Gasteiger partial charge is 0.0389 e. The van der Waals surface area contributed by atoms with E-state index in [1.165, 1.54) is 88.3 Å². The summed E-state index contributed by atoms with van der Waals surface area (Å²) < 4.78 is 0. The van der Waals surface area contributed by atoms with Gasteiger partial charge in [-0.25, -0.2) is 0 Å². The molecule has 0 aromatic carbocycles. The van der Waals surface area contributed by atoms with Gasteiger partial charge in [0.15, 0.2) is 0 Å². The Labute approximate surface area is 135 Å². The van der Waals surface area contributed by atoms with Gasteiger partial charge in [0.25, 0.3) is 0 Å². The topological polar surface area (TPSA) is 26.0 Å². The Morgan fingerprint density at radius 1 is 1.00 bits per heavy atom. The Morgan fingerprint density at radius 3 is 2.52 bits per heavy atom. The van der Waals surface area contributed by atoms with E-state index < -0.39 is 0 Å². The molecule has 0 fully saturated rings. The van der Waals surface area contributed by atoms with Crippen LogP contribution in [0.15, 0.2) is 6.07 Å². The van der Waals surface area contributed by atoms with Crippen LogP contribution in [0.2, 0.25) is 0 Å². The van der Waals surface area contributed by atoms with Crippen molar-refractivity contribution in [3.8, 4) is 0 Å². The fourth-order valence-corrected chi connectivity index (χ4v) is 4.63. The molecule has 0 amide bonds. The zero-order valence-corrected chi connectivity index (χ0v) is 14.6. The highest BCUT2D eigenvalue weighted by Gasteiger charge is 2.15. The van der Waals surface area contributed by atoms with Crippen LogP contribution >= 0.6 is 11.3 Å². The summed E-state index contributed by atoms with van der Waals surface area (Å²) in [6.07, 6.45) is 17.5. The van der Waals surface area contributed by atoms with E-state index in [0.717, 1.165) is 0 Å². The normalized spacial score (nSPS) is 16.5. The van der Waals surface area contributed by atoms with Gasteiger partial charge in [-0.2, -0.15) is 0 Å². The minimum Gasteiger partial charge on any atom is -0.323 e. The van der Waals surface area contributed by atoms with Gasteiger partial charge in [0.05, 0.1) is 0 Å². The fraction of sp³-hybridized carbons (Fsp3) is 0.789. The van der Waals surface area contributed by atoms with Crippen LogP contribution < -0.4 is 5.73 Å². The predicted molar refractivity (Wildman–Crippen MR) is 95.1 cm³/mol. The lowest BCUT2D eigenvalue weighted by molar-refractivity contribution is 0.544. The zero-order valence-electron chi connectivity index (χ0n) is 13.8. The van der Waals surface area contributed by atoms with Crippen molar-refractivity contribution in [1.82, 2.24) is 0 Å². The highest BCUT2D eigenvalue weighted by atomic mass is 32.1. The summed E-state index contributed by atoms with van der Waals surface area (Å²) >= 11 is 2.01. The second kappa shape index (κ2) is 9.63. The van der Waals surface area contributed by atoms with E-state index in [2.05, 4.69) is 13.0 Å². The number of nitrogens with two attached hydrogens (primary N) is 1. The van der Waals surface area contributed by atoms with Crippen LogP contribution in [0.3, 0.4) is 0 Å². The van der Waals surface area contributed by atoms with Gasteiger partial charge in [0.2, 0.25) is 0 Å². The Kier molecular flexibility index (Phi) is 7.81. The van der Waals surface area contributed by atoms with Crippen molar-refractivity contribution >= 4 is 11.3 Å². The molecule has 0 saturated heterocycles. The van der Waals surface area contributed by atoms with E-state index in [0.29, 0.717) is 0 Å². The summed E-state index contributed by atoms with van der Waals surface area (Å²) in [5, 5.41) is 0. The van der Waals surface area contributed by atoms with Crippen molar-refractivity contribution in [2.45, 2.75) is 96.4 Å². The molecule has 1 heterocycles. The molecule has 0 radical (unpaired) electrons. The minimum absolute atomic E-state index is 0.289. The molecule has 2 heteroatoms. The number of hydrogen-bond donors (Lipinski definition) is 1. The Hall–Kier alpha value is -0.340. The van der Waals surface area contributed by atoms with Crippen molar-refractivity contribution < 1.29 is 0 Å². The molecule has 0 aliphatic heterocycles. The molecule has 1 aliphatic carbocycles. The van der Waals surface area contributed by atoms with E-state index in [4.69, 9.17) is 5.73 Å². The average molecular weight is 308 g/mol. The van der Waals surface area contributed by atoms with Crippen molar-refractivity contribution in [2.24, 2.45) is 5.73 Å². The number of unbranched alkanes of at least 4 members (excludes halogenated alkanes) is 6. The molecule has 0 spiro atoms. The molecule has 21 heavy (non-hydrogen) atoms. The van der Waals surface area contributed by atoms with E-state index in [-0.39, 0.29) is 6.04 Å². The largest absolute Gasteiger partial charge is 0.323 e. The van der Waals surface area contributed by atoms with Crippen LogP contribution in [0.25, 0.3) is 0 Å².